The number of H-pyrrole nitrogens is 1. The Morgan fingerprint density at radius 3 is 2.56 bits per heavy atom. The number of nitrogens with two attached hydrogens (primary N) is 2. The summed E-state index contributed by atoms with van der Waals surface area (Å²) in [7, 11) is 0. The molecule has 0 unspecified atom stereocenters. The van der Waals surface area contributed by atoms with Gasteiger partial charge in [-0.05, 0) is 24.6 Å². The summed E-state index contributed by atoms with van der Waals surface area (Å²) in [5.41, 5.74) is 12.1. The number of rotatable bonds is 3. The van der Waals surface area contributed by atoms with Crippen molar-refractivity contribution in [3.63, 3.8) is 0 Å². The van der Waals surface area contributed by atoms with Crippen molar-refractivity contribution in [3.05, 3.63) is 46.2 Å². The lowest BCUT2D eigenvalue weighted by Gasteiger charge is -2.06. The molecule has 1 heterocycles. The summed E-state index contributed by atoms with van der Waals surface area (Å²) >= 11 is 1.35. The predicted molar refractivity (Wildman–Crippen MR) is 72.4 cm³/mol. The van der Waals surface area contributed by atoms with Crippen molar-refractivity contribution in [2.45, 2.75) is 23.0 Å². The van der Waals surface area contributed by atoms with Crippen LogP contribution >= 0.6 is 11.8 Å². The van der Waals surface area contributed by atoms with Crippen molar-refractivity contribution in [2.75, 3.05) is 5.73 Å². The second kappa shape index (κ2) is 5.24. The highest BCUT2D eigenvalue weighted by Gasteiger charge is 2.03. The molecule has 5 nitrogen and oxygen atoms in total. The molecule has 0 radical (unpaired) electrons. The van der Waals surface area contributed by atoms with Crippen LogP contribution in [0.4, 0.5) is 5.82 Å². The van der Waals surface area contributed by atoms with Gasteiger partial charge in [0.2, 0.25) is 0 Å². The highest BCUT2D eigenvalue weighted by Crippen LogP contribution is 2.25. The molecule has 6 heteroatoms. The van der Waals surface area contributed by atoms with Crippen LogP contribution in [0.3, 0.4) is 0 Å². The standard InChI is InChI=1S/C12H14N4OS/c1-7(13)8-2-4-9(5-3-8)18-12-15-10(14)6-11(17)16-12/h2-7H,13H2,1H3,(H3,14,15,16,17)/t7-/m1/s1. The van der Waals surface area contributed by atoms with Crippen LogP contribution in [0.5, 0.6) is 0 Å². The molecule has 0 amide bonds. The number of aromatic amines is 1. The fraction of sp³-hybridized carbons (Fsp3) is 0.167. The van der Waals surface area contributed by atoms with Gasteiger partial charge in [0.15, 0.2) is 5.16 Å². The maximum atomic E-state index is 11.2. The van der Waals surface area contributed by atoms with E-state index in [4.69, 9.17) is 11.5 Å². The number of nitrogens with one attached hydrogen (secondary N) is 1. The van der Waals surface area contributed by atoms with Gasteiger partial charge in [-0.3, -0.25) is 4.79 Å². The molecule has 18 heavy (non-hydrogen) atoms. The quantitative estimate of drug-likeness (QED) is 0.729. The van der Waals surface area contributed by atoms with Crippen LogP contribution in [-0.4, -0.2) is 9.97 Å². The van der Waals surface area contributed by atoms with Crippen LogP contribution in [0.1, 0.15) is 18.5 Å². The summed E-state index contributed by atoms with van der Waals surface area (Å²) in [6.45, 7) is 1.93. The zero-order chi connectivity index (χ0) is 13.1. The summed E-state index contributed by atoms with van der Waals surface area (Å²) in [4.78, 5) is 18.9. The number of hydrogen-bond donors (Lipinski definition) is 3. The number of hydrogen-bond acceptors (Lipinski definition) is 5. The van der Waals surface area contributed by atoms with Crippen LogP contribution < -0.4 is 17.0 Å². The Morgan fingerprint density at radius 2 is 2.00 bits per heavy atom. The van der Waals surface area contributed by atoms with Gasteiger partial charge in [0.25, 0.3) is 5.56 Å². The molecule has 0 aliphatic heterocycles. The normalized spacial score (nSPS) is 12.3. The van der Waals surface area contributed by atoms with E-state index in [1.807, 2.05) is 31.2 Å². The van der Waals surface area contributed by atoms with Gasteiger partial charge in [-0.1, -0.05) is 23.9 Å². The monoisotopic (exact) mass is 262 g/mol. The predicted octanol–water partition coefficient (Wildman–Crippen LogP) is 1.52. The zero-order valence-electron chi connectivity index (χ0n) is 9.88. The molecule has 94 valence electrons. The first-order valence-electron chi connectivity index (χ1n) is 5.45. The van der Waals surface area contributed by atoms with Crippen molar-refractivity contribution in [2.24, 2.45) is 5.73 Å². The van der Waals surface area contributed by atoms with Gasteiger partial charge in [0, 0.05) is 17.0 Å². The number of nitrogens with zero attached hydrogens (tertiary/aromatic N) is 1. The minimum Gasteiger partial charge on any atom is -0.383 e. The Hall–Kier alpha value is -1.79. The van der Waals surface area contributed by atoms with Crippen molar-refractivity contribution in [1.29, 1.82) is 0 Å². The van der Waals surface area contributed by atoms with Gasteiger partial charge in [0.1, 0.15) is 5.82 Å². The molecule has 2 rings (SSSR count). The summed E-state index contributed by atoms with van der Waals surface area (Å²) in [5.74, 6) is 0.216. The zero-order valence-corrected chi connectivity index (χ0v) is 10.7. The van der Waals surface area contributed by atoms with Gasteiger partial charge >= 0.3 is 0 Å². The molecule has 0 bridgehead atoms. The summed E-state index contributed by atoms with van der Waals surface area (Å²) in [6, 6.07) is 9.05. The van der Waals surface area contributed by atoms with E-state index in [0.717, 1.165) is 10.5 Å². The average Bonchev–Trinajstić information content (AvgIpc) is 2.28. The lowest BCUT2D eigenvalue weighted by molar-refractivity contribution is 0.817. The Balaban J connectivity index is 2.20. The van der Waals surface area contributed by atoms with Gasteiger partial charge in [0.05, 0.1) is 0 Å². The Bertz CT molecular complexity index is 592. The number of benzene rings is 1. The van der Waals surface area contributed by atoms with Crippen LogP contribution in [-0.2, 0) is 0 Å². The molecule has 2 aromatic rings. The van der Waals surface area contributed by atoms with Gasteiger partial charge in [-0.15, -0.1) is 0 Å². The minimum absolute atomic E-state index is 0.00866. The smallest absolute Gasteiger partial charge is 0.253 e. The second-order valence-corrected chi connectivity index (χ2v) is 5.00. The number of aromatic nitrogens is 2. The van der Waals surface area contributed by atoms with E-state index >= 15 is 0 Å². The van der Waals surface area contributed by atoms with E-state index in [0.29, 0.717) is 5.16 Å². The topological polar surface area (TPSA) is 97.8 Å². The van der Waals surface area contributed by atoms with Crippen LogP contribution in [0.15, 0.2) is 45.2 Å². The fourth-order valence-corrected chi connectivity index (χ4v) is 2.25. The van der Waals surface area contributed by atoms with E-state index in [1.54, 1.807) is 0 Å². The largest absolute Gasteiger partial charge is 0.383 e. The third kappa shape index (κ3) is 3.12. The Morgan fingerprint density at radius 1 is 1.33 bits per heavy atom. The van der Waals surface area contributed by atoms with E-state index < -0.39 is 0 Å². The van der Waals surface area contributed by atoms with Crippen molar-refractivity contribution < 1.29 is 0 Å². The van der Waals surface area contributed by atoms with E-state index in [2.05, 4.69) is 9.97 Å². The molecule has 1 atom stereocenters. The lowest BCUT2D eigenvalue weighted by atomic mass is 10.1. The molecular weight excluding hydrogens is 248 g/mol. The molecule has 5 N–H and O–H groups in total. The molecular formula is C12H14N4OS. The van der Waals surface area contributed by atoms with E-state index in [9.17, 15) is 4.79 Å². The summed E-state index contributed by atoms with van der Waals surface area (Å²) in [5, 5.41) is 0.480. The molecule has 0 fully saturated rings. The fourth-order valence-electron chi connectivity index (χ4n) is 1.45. The van der Waals surface area contributed by atoms with Gasteiger partial charge in [-0.2, -0.15) is 0 Å². The maximum absolute atomic E-state index is 11.2. The third-order valence-electron chi connectivity index (χ3n) is 2.36. The van der Waals surface area contributed by atoms with E-state index in [-0.39, 0.29) is 17.4 Å². The number of anilines is 1. The summed E-state index contributed by atoms with van der Waals surface area (Å²) in [6.07, 6.45) is 0. The average molecular weight is 262 g/mol. The SMILES string of the molecule is C[C@@H](N)c1ccc(Sc2nc(N)cc(=O)[nH]2)cc1. The number of nitrogen functional groups attached to an aromatic ring is 1. The molecule has 1 aromatic carbocycles. The molecule has 1 aromatic heterocycles. The Labute approximate surface area is 109 Å². The maximum Gasteiger partial charge on any atom is 0.253 e. The molecule has 0 aliphatic rings. The highest BCUT2D eigenvalue weighted by molar-refractivity contribution is 7.99. The first-order chi connectivity index (χ1) is 8.54. The first kappa shape index (κ1) is 12.7. The van der Waals surface area contributed by atoms with Gasteiger partial charge in [-0.25, -0.2) is 4.98 Å². The van der Waals surface area contributed by atoms with Crippen LogP contribution in [0.25, 0.3) is 0 Å². The highest BCUT2D eigenvalue weighted by atomic mass is 32.2. The van der Waals surface area contributed by atoms with Crippen molar-refractivity contribution >= 4 is 17.6 Å². The van der Waals surface area contributed by atoms with E-state index in [1.165, 1.54) is 17.8 Å². The second-order valence-electron chi connectivity index (χ2n) is 3.94. The molecule has 0 aliphatic carbocycles. The van der Waals surface area contributed by atoms with Crippen LogP contribution in [0, 0.1) is 0 Å². The van der Waals surface area contributed by atoms with Crippen molar-refractivity contribution in [3.8, 4) is 0 Å². The summed E-state index contributed by atoms with van der Waals surface area (Å²) < 4.78 is 0. The third-order valence-corrected chi connectivity index (χ3v) is 3.25. The first-order valence-corrected chi connectivity index (χ1v) is 6.26. The molecule has 0 spiro atoms. The Kier molecular flexibility index (Phi) is 3.69. The molecule has 0 saturated heterocycles. The van der Waals surface area contributed by atoms with Gasteiger partial charge < -0.3 is 16.5 Å². The lowest BCUT2D eigenvalue weighted by Crippen LogP contribution is -2.09. The van der Waals surface area contributed by atoms with Crippen LogP contribution in [0.2, 0.25) is 0 Å². The molecule has 0 saturated carbocycles. The van der Waals surface area contributed by atoms with Crippen molar-refractivity contribution in [1.82, 2.24) is 9.97 Å². The minimum atomic E-state index is -0.253.